The van der Waals surface area contributed by atoms with E-state index in [0.29, 0.717) is 40.3 Å². The fourth-order valence-electron chi connectivity index (χ4n) is 4.89. The zero-order valence-corrected chi connectivity index (χ0v) is 22.5. The molecule has 1 atom stereocenters. The number of pyridine rings is 1. The standard InChI is InChI=1S/C31H27FN4O5/c1-16(31(40)41)13-24-17(2)26(33-18(24)3)15-25-22-11-8-20(14-27(22)35-29(25)38)34-28(37)23-5-4-12-36(30(23)39)21-9-6-19(32)7-10-21/h4-12,14-16,33H,13H2,1-3H3,(H,34,37)(H,35,38)(H,40,41)/b25-15-. The number of carbonyl (C=O) groups excluding carboxylic acids is 2. The summed E-state index contributed by atoms with van der Waals surface area (Å²) in [5.41, 5.74) is 5.03. The number of carboxylic acids is 1. The van der Waals surface area contributed by atoms with Gasteiger partial charge in [0.1, 0.15) is 11.4 Å². The van der Waals surface area contributed by atoms with E-state index in [1.165, 1.54) is 41.1 Å². The van der Waals surface area contributed by atoms with Gasteiger partial charge in [0.15, 0.2) is 0 Å². The van der Waals surface area contributed by atoms with Gasteiger partial charge in [0, 0.05) is 34.5 Å². The fourth-order valence-corrected chi connectivity index (χ4v) is 4.89. The molecule has 1 unspecified atom stereocenters. The van der Waals surface area contributed by atoms with Crippen LogP contribution in [0.3, 0.4) is 0 Å². The summed E-state index contributed by atoms with van der Waals surface area (Å²) in [5.74, 6) is -2.81. The first kappa shape index (κ1) is 27.3. The number of fused-ring (bicyclic) bond motifs is 1. The first-order valence-electron chi connectivity index (χ1n) is 12.9. The smallest absolute Gasteiger partial charge is 0.306 e. The fraction of sp³-hybridized carbons (Fsp3) is 0.161. The number of rotatable bonds is 7. The molecule has 0 spiro atoms. The molecule has 0 radical (unpaired) electrons. The molecular weight excluding hydrogens is 527 g/mol. The normalized spacial score (nSPS) is 14.0. The Bertz CT molecular complexity index is 1800. The van der Waals surface area contributed by atoms with E-state index in [2.05, 4.69) is 15.6 Å². The number of amides is 2. The quantitative estimate of drug-likeness (QED) is 0.241. The summed E-state index contributed by atoms with van der Waals surface area (Å²) >= 11 is 0. The summed E-state index contributed by atoms with van der Waals surface area (Å²) in [6.07, 6.45) is 3.60. The predicted molar refractivity (Wildman–Crippen MR) is 154 cm³/mol. The van der Waals surface area contributed by atoms with Crippen molar-refractivity contribution in [2.45, 2.75) is 27.2 Å². The van der Waals surface area contributed by atoms with Crippen molar-refractivity contribution in [1.82, 2.24) is 9.55 Å². The molecule has 0 saturated carbocycles. The maximum atomic E-state index is 13.3. The zero-order valence-electron chi connectivity index (χ0n) is 22.5. The van der Waals surface area contributed by atoms with Crippen LogP contribution in [0.25, 0.3) is 17.3 Å². The molecule has 41 heavy (non-hydrogen) atoms. The van der Waals surface area contributed by atoms with Crippen LogP contribution < -0.4 is 16.2 Å². The molecule has 0 saturated heterocycles. The Morgan fingerprint density at radius 3 is 2.54 bits per heavy atom. The van der Waals surface area contributed by atoms with E-state index < -0.39 is 29.2 Å². The van der Waals surface area contributed by atoms with Gasteiger partial charge >= 0.3 is 5.97 Å². The molecule has 10 heteroatoms. The van der Waals surface area contributed by atoms with Gasteiger partial charge < -0.3 is 20.7 Å². The average Bonchev–Trinajstić information content (AvgIpc) is 3.38. The number of benzene rings is 2. The first-order chi connectivity index (χ1) is 19.5. The van der Waals surface area contributed by atoms with Crippen molar-refractivity contribution in [3.8, 4) is 5.69 Å². The van der Waals surface area contributed by atoms with Crippen molar-refractivity contribution >= 4 is 40.8 Å². The molecule has 4 N–H and O–H groups in total. The molecule has 2 aromatic carbocycles. The van der Waals surface area contributed by atoms with Crippen molar-refractivity contribution in [2.75, 3.05) is 10.6 Å². The van der Waals surface area contributed by atoms with Crippen molar-refractivity contribution in [3.05, 3.63) is 111 Å². The second kappa shape index (κ2) is 10.7. The molecule has 0 fully saturated rings. The number of nitrogens with one attached hydrogen (secondary N) is 3. The summed E-state index contributed by atoms with van der Waals surface area (Å²) in [6, 6.07) is 13.3. The molecule has 2 aromatic heterocycles. The van der Waals surface area contributed by atoms with Crippen molar-refractivity contribution in [1.29, 1.82) is 0 Å². The highest BCUT2D eigenvalue weighted by molar-refractivity contribution is 6.35. The highest BCUT2D eigenvalue weighted by Crippen LogP contribution is 2.36. The number of anilines is 2. The molecule has 9 nitrogen and oxygen atoms in total. The number of hydrogen-bond donors (Lipinski definition) is 4. The van der Waals surface area contributed by atoms with Gasteiger partial charge in [0.05, 0.1) is 17.2 Å². The lowest BCUT2D eigenvalue weighted by Gasteiger charge is -2.10. The summed E-state index contributed by atoms with van der Waals surface area (Å²) in [5, 5.41) is 14.8. The lowest BCUT2D eigenvalue weighted by atomic mass is 9.97. The average molecular weight is 555 g/mol. The lowest BCUT2D eigenvalue weighted by Crippen LogP contribution is -2.27. The van der Waals surface area contributed by atoms with Crippen LogP contribution in [-0.4, -0.2) is 32.4 Å². The summed E-state index contributed by atoms with van der Waals surface area (Å²) in [7, 11) is 0. The van der Waals surface area contributed by atoms with Crippen LogP contribution in [0.5, 0.6) is 0 Å². The minimum absolute atomic E-state index is 0.104. The maximum absolute atomic E-state index is 13.3. The van der Waals surface area contributed by atoms with E-state index in [-0.39, 0.29) is 11.5 Å². The minimum atomic E-state index is -0.872. The Balaban J connectivity index is 1.39. The van der Waals surface area contributed by atoms with Gasteiger partial charge in [-0.05, 0) is 86.0 Å². The van der Waals surface area contributed by atoms with Gasteiger partial charge in [-0.2, -0.15) is 0 Å². The Hall–Kier alpha value is -5.25. The second-order valence-electron chi connectivity index (χ2n) is 10.0. The number of aryl methyl sites for hydroxylation is 1. The topological polar surface area (TPSA) is 133 Å². The molecule has 3 heterocycles. The van der Waals surface area contributed by atoms with Gasteiger partial charge in [0.2, 0.25) is 0 Å². The van der Waals surface area contributed by atoms with Crippen molar-refractivity contribution < 1.29 is 23.9 Å². The number of carbonyl (C=O) groups is 3. The number of halogens is 1. The molecule has 0 bridgehead atoms. The number of aromatic nitrogens is 2. The van der Waals surface area contributed by atoms with Crippen LogP contribution in [0.15, 0.2) is 65.6 Å². The zero-order chi connectivity index (χ0) is 29.4. The Morgan fingerprint density at radius 2 is 1.83 bits per heavy atom. The van der Waals surface area contributed by atoms with E-state index in [1.54, 1.807) is 37.3 Å². The highest BCUT2D eigenvalue weighted by atomic mass is 19.1. The largest absolute Gasteiger partial charge is 0.481 e. The maximum Gasteiger partial charge on any atom is 0.306 e. The Kier molecular flexibility index (Phi) is 7.15. The number of aromatic amines is 1. The third-order valence-electron chi connectivity index (χ3n) is 7.21. The molecule has 2 amide bonds. The third-order valence-corrected chi connectivity index (χ3v) is 7.21. The highest BCUT2D eigenvalue weighted by Gasteiger charge is 2.26. The van der Waals surface area contributed by atoms with Crippen LogP contribution in [0.1, 0.15) is 45.4 Å². The van der Waals surface area contributed by atoms with Gasteiger partial charge in [-0.3, -0.25) is 23.7 Å². The SMILES string of the molecule is Cc1[nH]c(/C=C2\C(=O)Nc3cc(NC(=O)c4cccn(-c5ccc(F)cc5)c4=O)ccc32)c(C)c1CC(C)C(=O)O. The van der Waals surface area contributed by atoms with Crippen LogP contribution in [0, 0.1) is 25.6 Å². The van der Waals surface area contributed by atoms with Crippen molar-refractivity contribution in [2.24, 2.45) is 5.92 Å². The molecule has 5 rings (SSSR count). The minimum Gasteiger partial charge on any atom is -0.481 e. The monoisotopic (exact) mass is 554 g/mol. The van der Waals surface area contributed by atoms with E-state index in [4.69, 9.17) is 0 Å². The van der Waals surface area contributed by atoms with E-state index in [0.717, 1.165) is 16.8 Å². The van der Waals surface area contributed by atoms with E-state index >= 15 is 0 Å². The van der Waals surface area contributed by atoms with Crippen LogP contribution >= 0.6 is 0 Å². The van der Waals surface area contributed by atoms with Gasteiger partial charge in [-0.15, -0.1) is 0 Å². The summed E-state index contributed by atoms with van der Waals surface area (Å²) in [6.45, 7) is 5.42. The number of nitrogens with zero attached hydrogens (tertiary/aromatic N) is 1. The van der Waals surface area contributed by atoms with Gasteiger partial charge in [0.25, 0.3) is 17.4 Å². The lowest BCUT2D eigenvalue weighted by molar-refractivity contribution is -0.141. The molecule has 0 aliphatic carbocycles. The summed E-state index contributed by atoms with van der Waals surface area (Å²) in [4.78, 5) is 53.5. The summed E-state index contributed by atoms with van der Waals surface area (Å²) < 4.78 is 14.6. The molecule has 1 aliphatic heterocycles. The Morgan fingerprint density at radius 1 is 1.10 bits per heavy atom. The molecular formula is C31H27FN4O5. The van der Waals surface area contributed by atoms with Crippen molar-refractivity contribution in [3.63, 3.8) is 0 Å². The van der Waals surface area contributed by atoms with Gasteiger partial charge in [-0.1, -0.05) is 13.0 Å². The number of carboxylic acid groups (broad SMARTS) is 1. The van der Waals surface area contributed by atoms with Crippen LogP contribution in [0.2, 0.25) is 0 Å². The molecule has 4 aromatic rings. The number of aliphatic carboxylic acids is 1. The van der Waals surface area contributed by atoms with Gasteiger partial charge in [-0.25, -0.2) is 4.39 Å². The van der Waals surface area contributed by atoms with E-state index in [9.17, 15) is 28.7 Å². The van der Waals surface area contributed by atoms with Crippen LogP contribution in [0.4, 0.5) is 15.8 Å². The number of H-pyrrole nitrogens is 1. The molecule has 208 valence electrons. The third kappa shape index (κ3) is 5.31. The van der Waals surface area contributed by atoms with Crippen LogP contribution in [-0.2, 0) is 16.0 Å². The Labute approximate surface area is 234 Å². The predicted octanol–water partition coefficient (Wildman–Crippen LogP) is 4.93. The number of hydrogen-bond acceptors (Lipinski definition) is 4. The molecule has 1 aliphatic rings. The second-order valence-corrected chi connectivity index (χ2v) is 10.0. The first-order valence-corrected chi connectivity index (χ1v) is 12.9. The van der Waals surface area contributed by atoms with E-state index in [1.807, 2.05) is 13.8 Å².